The van der Waals surface area contributed by atoms with Crippen LogP contribution < -0.4 is 5.73 Å². The fourth-order valence-corrected chi connectivity index (χ4v) is 2.63. The molecule has 1 aromatic heterocycles. The number of halogens is 3. The van der Waals surface area contributed by atoms with Gasteiger partial charge in [-0.25, -0.2) is 4.39 Å². The van der Waals surface area contributed by atoms with Crippen LogP contribution in [0.15, 0.2) is 22.7 Å². The van der Waals surface area contributed by atoms with Crippen LogP contribution in [0.2, 0.25) is 5.15 Å². The molecule has 2 N–H and O–H groups in total. The van der Waals surface area contributed by atoms with Crippen molar-refractivity contribution in [1.82, 2.24) is 9.78 Å². The molecule has 102 valence electrons. The summed E-state index contributed by atoms with van der Waals surface area (Å²) in [5.41, 5.74) is 8.80. The van der Waals surface area contributed by atoms with E-state index in [0.717, 1.165) is 16.8 Å². The van der Waals surface area contributed by atoms with Gasteiger partial charge in [0.2, 0.25) is 0 Å². The monoisotopic (exact) mass is 345 g/mol. The second-order valence-corrected chi connectivity index (χ2v) is 5.67. The third kappa shape index (κ3) is 2.99. The highest BCUT2D eigenvalue weighted by atomic mass is 79.9. The van der Waals surface area contributed by atoms with Crippen LogP contribution in [0.25, 0.3) is 0 Å². The first-order chi connectivity index (χ1) is 8.90. The van der Waals surface area contributed by atoms with Crippen LogP contribution in [0.4, 0.5) is 4.39 Å². The first-order valence-electron chi connectivity index (χ1n) is 5.78. The van der Waals surface area contributed by atoms with E-state index in [1.54, 1.807) is 23.9 Å². The molecule has 0 aliphatic heterocycles. The van der Waals surface area contributed by atoms with E-state index in [0.29, 0.717) is 16.0 Å². The van der Waals surface area contributed by atoms with Gasteiger partial charge in [-0.05, 0) is 47.0 Å². The molecule has 3 nitrogen and oxygen atoms in total. The Balaban J connectivity index is 2.25. The average Bonchev–Trinajstić information content (AvgIpc) is 2.59. The number of nitrogens with zero attached hydrogens (tertiary/aromatic N) is 2. The van der Waals surface area contributed by atoms with Gasteiger partial charge in [0.1, 0.15) is 11.0 Å². The Morgan fingerprint density at radius 1 is 1.53 bits per heavy atom. The first-order valence-corrected chi connectivity index (χ1v) is 6.95. The molecule has 0 saturated heterocycles. The van der Waals surface area contributed by atoms with E-state index in [1.165, 1.54) is 6.07 Å². The number of aryl methyl sites for hydroxylation is 2. The number of rotatable bonds is 3. The van der Waals surface area contributed by atoms with Crippen LogP contribution in [-0.4, -0.2) is 9.78 Å². The van der Waals surface area contributed by atoms with E-state index >= 15 is 0 Å². The van der Waals surface area contributed by atoms with Crippen LogP contribution in [0.3, 0.4) is 0 Å². The minimum absolute atomic E-state index is 0.253. The molecule has 0 spiro atoms. The van der Waals surface area contributed by atoms with Crippen molar-refractivity contribution in [3.8, 4) is 0 Å². The van der Waals surface area contributed by atoms with Crippen LogP contribution >= 0.6 is 27.5 Å². The Morgan fingerprint density at radius 2 is 2.21 bits per heavy atom. The number of hydrogen-bond donors (Lipinski definition) is 1. The van der Waals surface area contributed by atoms with Gasteiger partial charge in [-0.3, -0.25) is 4.68 Å². The van der Waals surface area contributed by atoms with Crippen molar-refractivity contribution < 1.29 is 4.39 Å². The molecule has 1 aromatic carbocycles. The zero-order valence-corrected chi connectivity index (χ0v) is 13.0. The lowest BCUT2D eigenvalue weighted by Crippen LogP contribution is -2.14. The summed E-state index contributed by atoms with van der Waals surface area (Å²) in [6, 6.07) is 4.53. The predicted octanol–water partition coefficient (Wildman–Crippen LogP) is 3.53. The van der Waals surface area contributed by atoms with Crippen LogP contribution in [0.1, 0.15) is 22.9 Å². The molecule has 19 heavy (non-hydrogen) atoms. The summed E-state index contributed by atoms with van der Waals surface area (Å²) >= 11 is 9.34. The van der Waals surface area contributed by atoms with Gasteiger partial charge >= 0.3 is 0 Å². The van der Waals surface area contributed by atoms with E-state index in [2.05, 4.69) is 21.0 Å². The molecular weight excluding hydrogens is 333 g/mol. The highest BCUT2D eigenvalue weighted by Crippen LogP contribution is 2.26. The SMILES string of the molecule is Cc1nn(C)c(Cl)c1CC(N)c1ccc(F)c(Br)c1. The molecule has 0 bridgehead atoms. The first kappa shape index (κ1) is 14.5. The summed E-state index contributed by atoms with van der Waals surface area (Å²) in [5, 5.41) is 4.84. The quantitative estimate of drug-likeness (QED) is 0.924. The number of benzene rings is 1. The topological polar surface area (TPSA) is 43.8 Å². The van der Waals surface area contributed by atoms with Crippen molar-refractivity contribution in [2.45, 2.75) is 19.4 Å². The van der Waals surface area contributed by atoms with E-state index in [1.807, 2.05) is 6.92 Å². The summed E-state index contributed by atoms with van der Waals surface area (Å²) < 4.78 is 15.2. The van der Waals surface area contributed by atoms with Crippen LogP contribution in [-0.2, 0) is 13.5 Å². The summed E-state index contributed by atoms with van der Waals surface area (Å²) in [6.07, 6.45) is 0.566. The van der Waals surface area contributed by atoms with E-state index in [4.69, 9.17) is 17.3 Å². The van der Waals surface area contributed by atoms with Gasteiger partial charge in [-0.1, -0.05) is 17.7 Å². The maximum absolute atomic E-state index is 13.2. The molecule has 1 heterocycles. The normalized spacial score (nSPS) is 12.7. The third-order valence-electron chi connectivity index (χ3n) is 3.07. The Kier molecular flexibility index (Phi) is 4.28. The van der Waals surface area contributed by atoms with Crippen molar-refractivity contribution in [3.05, 3.63) is 50.5 Å². The van der Waals surface area contributed by atoms with Crippen molar-refractivity contribution in [3.63, 3.8) is 0 Å². The van der Waals surface area contributed by atoms with Crippen molar-refractivity contribution in [2.75, 3.05) is 0 Å². The summed E-state index contributed by atoms with van der Waals surface area (Å²) in [4.78, 5) is 0. The smallest absolute Gasteiger partial charge is 0.137 e. The molecule has 1 atom stereocenters. The molecule has 0 saturated carbocycles. The average molecular weight is 347 g/mol. The highest BCUT2D eigenvalue weighted by Gasteiger charge is 2.16. The molecular formula is C13H14BrClFN3. The van der Waals surface area contributed by atoms with Gasteiger partial charge in [0.15, 0.2) is 0 Å². The zero-order valence-electron chi connectivity index (χ0n) is 10.6. The number of hydrogen-bond acceptors (Lipinski definition) is 2. The fraction of sp³-hybridized carbons (Fsp3) is 0.308. The lowest BCUT2D eigenvalue weighted by molar-refractivity contribution is 0.617. The maximum Gasteiger partial charge on any atom is 0.137 e. The molecule has 0 aliphatic rings. The Hall–Kier alpha value is -0.910. The van der Waals surface area contributed by atoms with Gasteiger partial charge in [0.05, 0.1) is 10.2 Å². The Bertz CT molecular complexity index is 612. The van der Waals surface area contributed by atoms with E-state index in [9.17, 15) is 4.39 Å². The summed E-state index contributed by atoms with van der Waals surface area (Å²) in [7, 11) is 1.79. The van der Waals surface area contributed by atoms with Crippen molar-refractivity contribution >= 4 is 27.5 Å². The molecule has 0 amide bonds. The summed E-state index contributed by atoms with van der Waals surface area (Å²) in [6.45, 7) is 1.90. The number of nitrogens with two attached hydrogens (primary N) is 1. The minimum Gasteiger partial charge on any atom is -0.324 e. The van der Waals surface area contributed by atoms with E-state index in [-0.39, 0.29) is 11.9 Å². The largest absolute Gasteiger partial charge is 0.324 e. The fourth-order valence-electron chi connectivity index (χ4n) is 1.99. The molecule has 2 rings (SSSR count). The second kappa shape index (κ2) is 5.61. The lowest BCUT2D eigenvalue weighted by Gasteiger charge is -2.12. The molecule has 2 aromatic rings. The molecule has 0 aliphatic carbocycles. The Labute approximate surface area is 124 Å². The molecule has 6 heteroatoms. The Morgan fingerprint density at radius 3 is 2.74 bits per heavy atom. The van der Waals surface area contributed by atoms with Crippen LogP contribution in [0.5, 0.6) is 0 Å². The zero-order chi connectivity index (χ0) is 14.2. The van der Waals surface area contributed by atoms with Gasteiger partial charge in [0, 0.05) is 18.7 Å². The minimum atomic E-state index is -0.299. The standard InChI is InChI=1S/C13H14BrClFN3/c1-7-9(13(15)19(2)18-7)6-12(17)8-3-4-11(16)10(14)5-8/h3-5,12H,6,17H2,1-2H3. The predicted molar refractivity (Wildman–Crippen MR) is 77.7 cm³/mol. The van der Waals surface area contributed by atoms with Gasteiger partial charge in [-0.15, -0.1) is 0 Å². The lowest BCUT2D eigenvalue weighted by atomic mass is 10.0. The molecule has 0 radical (unpaired) electrons. The molecule has 1 unspecified atom stereocenters. The van der Waals surface area contributed by atoms with Gasteiger partial charge < -0.3 is 5.73 Å². The molecule has 0 fully saturated rings. The summed E-state index contributed by atoms with van der Waals surface area (Å²) in [5.74, 6) is -0.299. The maximum atomic E-state index is 13.2. The van der Waals surface area contributed by atoms with Gasteiger partial charge in [-0.2, -0.15) is 5.10 Å². The van der Waals surface area contributed by atoms with Crippen molar-refractivity contribution in [2.24, 2.45) is 12.8 Å². The van der Waals surface area contributed by atoms with Gasteiger partial charge in [0.25, 0.3) is 0 Å². The highest BCUT2D eigenvalue weighted by molar-refractivity contribution is 9.10. The number of aromatic nitrogens is 2. The second-order valence-electron chi connectivity index (χ2n) is 4.46. The van der Waals surface area contributed by atoms with Crippen LogP contribution in [0, 0.1) is 12.7 Å². The third-order valence-corrected chi connectivity index (χ3v) is 4.15. The van der Waals surface area contributed by atoms with Crippen molar-refractivity contribution in [1.29, 1.82) is 0 Å². The van der Waals surface area contributed by atoms with E-state index < -0.39 is 0 Å².